The minimum absolute atomic E-state index is 0.0521. The summed E-state index contributed by atoms with van der Waals surface area (Å²) in [5, 5.41) is 5.60. The van der Waals surface area contributed by atoms with Crippen LogP contribution >= 0.6 is 0 Å². The van der Waals surface area contributed by atoms with Crippen LogP contribution in [0.1, 0.15) is 34.3 Å². The van der Waals surface area contributed by atoms with E-state index in [9.17, 15) is 4.79 Å². The van der Waals surface area contributed by atoms with Crippen molar-refractivity contribution in [2.45, 2.75) is 32.0 Å². The number of ether oxygens (including phenoxy) is 2. The topological polar surface area (TPSA) is 63.9 Å². The molecule has 0 atom stereocenters. The van der Waals surface area contributed by atoms with E-state index in [1.54, 1.807) is 13.2 Å². The van der Waals surface area contributed by atoms with Crippen LogP contribution in [0.4, 0.5) is 0 Å². The molecule has 31 heavy (non-hydrogen) atoms. The molecule has 164 valence electrons. The average Bonchev–Trinajstić information content (AvgIpc) is 3.33. The van der Waals surface area contributed by atoms with Crippen molar-refractivity contribution in [2.24, 2.45) is 0 Å². The predicted molar refractivity (Wildman–Crippen MR) is 120 cm³/mol. The van der Waals surface area contributed by atoms with Crippen molar-refractivity contribution in [1.82, 2.24) is 10.2 Å². The molecule has 1 N–H and O–H groups in total. The predicted octanol–water partition coefficient (Wildman–Crippen LogP) is 3.99. The molecule has 1 saturated heterocycles. The number of hydrogen-bond donors (Lipinski definition) is 1. The van der Waals surface area contributed by atoms with Crippen LogP contribution in [0.2, 0.25) is 0 Å². The van der Waals surface area contributed by atoms with Crippen LogP contribution in [-0.2, 0) is 22.6 Å². The molecule has 1 fully saturated rings. The molecule has 1 aliphatic rings. The molecule has 0 bridgehead atoms. The van der Waals surface area contributed by atoms with Crippen molar-refractivity contribution in [3.8, 4) is 0 Å². The Morgan fingerprint density at radius 2 is 1.84 bits per heavy atom. The first-order valence-electron chi connectivity index (χ1n) is 10.8. The number of benzene rings is 2. The van der Waals surface area contributed by atoms with Crippen molar-refractivity contribution in [3.05, 3.63) is 71.7 Å². The lowest BCUT2D eigenvalue weighted by atomic mass is 10.0. The molecule has 1 aliphatic heterocycles. The van der Waals surface area contributed by atoms with Crippen LogP contribution in [0.5, 0.6) is 0 Å². The second-order valence-electron chi connectivity index (χ2n) is 8.10. The van der Waals surface area contributed by atoms with E-state index in [1.165, 1.54) is 34.4 Å². The van der Waals surface area contributed by atoms with E-state index in [0.29, 0.717) is 25.4 Å². The average molecular weight is 423 g/mol. The normalized spacial score (nSPS) is 15.4. The summed E-state index contributed by atoms with van der Waals surface area (Å²) in [6, 6.07) is 15.1. The largest absolute Gasteiger partial charge is 0.472 e. The summed E-state index contributed by atoms with van der Waals surface area (Å²) in [5.41, 5.74) is 3.07. The zero-order valence-electron chi connectivity index (χ0n) is 18.0. The van der Waals surface area contributed by atoms with E-state index in [0.717, 1.165) is 32.5 Å². The molecule has 0 spiro atoms. The molecule has 0 radical (unpaired) electrons. The maximum atomic E-state index is 12.2. The monoisotopic (exact) mass is 422 g/mol. The molecule has 6 heteroatoms. The Morgan fingerprint density at radius 1 is 1.06 bits per heavy atom. The quantitative estimate of drug-likeness (QED) is 0.528. The number of methoxy groups -OCH3 is 1. The highest BCUT2D eigenvalue weighted by Crippen LogP contribution is 2.21. The van der Waals surface area contributed by atoms with Gasteiger partial charge in [0.2, 0.25) is 0 Å². The summed E-state index contributed by atoms with van der Waals surface area (Å²) < 4.78 is 15.7. The molecule has 4 rings (SSSR count). The molecule has 0 aliphatic carbocycles. The van der Waals surface area contributed by atoms with Gasteiger partial charge in [-0.3, -0.25) is 9.69 Å². The molecule has 1 amide bonds. The third-order valence-corrected chi connectivity index (χ3v) is 5.78. The zero-order valence-corrected chi connectivity index (χ0v) is 18.0. The van der Waals surface area contributed by atoms with Gasteiger partial charge in [0.1, 0.15) is 6.26 Å². The van der Waals surface area contributed by atoms with Gasteiger partial charge in [0, 0.05) is 32.8 Å². The molecule has 2 aromatic carbocycles. The molecule has 6 nitrogen and oxygen atoms in total. The Bertz CT molecular complexity index is 978. The second kappa shape index (κ2) is 10.6. The van der Waals surface area contributed by atoms with Gasteiger partial charge in [0.15, 0.2) is 0 Å². The van der Waals surface area contributed by atoms with Gasteiger partial charge in [-0.25, -0.2) is 0 Å². The SMILES string of the molecule is COCCOCc1ccc2ccc(CN3CCC(NC(=O)c4ccoc4)CC3)cc2c1. The molecule has 2 heterocycles. The van der Waals surface area contributed by atoms with Gasteiger partial charge in [0.25, 0.3) is 5.91 Å². The number of hydrogen-bond acceptors (Lipinski definition) is 5. The van der Waals surface area contributed by atoms with E-state index < -0.39 is 0 Å². The number of rotatable bonds is 9. The highest BCUT2D eigenvalue weighted by molar-refractivity contribution is 5.93. The summed E-state index contributed by atoms with van der Waals surface area (Å²) in [6.45, 7) is 4.69. The molecule has 0 unspecified atom stereocenters. The number of carbonyl (C=O) groups excluding carboxylic acids is 1. The first-order chi connectivity index (χ1) is 15.2. The third-order valence-electron chi connectivity index (χ3n) is 5.78. The molecule has 1 aromatic heterocycles. The fourth-order valence-corrected chi connectivity index (χ4v) is 4.02. The number of carbonyl (C=O) groups is 1. The van der Waals surface area contributed by atoms with E-state index in [4.69, 9.17) is 13.9 Å². The van der Waals surface area contributed by atoms with Gasteiger partial charge in [-0.1, -0.05) is 24.3 Å². The Hall–Kier alpha value is -2.67. The number of furan rings is 1. The maximum Gasteiger partial charge on any atom is 0.254 e. The van der Waals surface area contributed by atoms with Gasteiger partial charge in [0.05, 0.1) is 31.6 Å². The summed E-state index contributed by atoms with van der Waals surface area (Å²) in [7, 11) is 1.68. The number of amides is 1. The van der Waals surface area contributed by atoms with Crippen molar-refractivity contribution in [3.63, 3.8) is 0 Å². The highest BCUT2D eigenvalue weighted by atomic mass is 16.5. The molecular formula is C25H30N2O4. The van der Waals surface area contributed by atoms with E-state index in [-0.39, 0.29) is 11.9 Å². The van der Waals surface area contributed by atoms with Crippen LogP contribution in [-0.4, -0.2) is 50.3 Å². The van der Waals surface area contributed by atoms with Crippen molar-refractivity contribution < 1.29 is 18.7 Å². The molecule has 3 aromatic rings. The van der Waals surface area contributed by atoms with Gasteiger partial charge < -0.3 is 19.2 Å². The summed E-state index contributed by atoms with van der Waals surface area (Å²) in [6.07, 6.45) is 4.93. The van der Waals surface area contributed by atoms with E-state index in [2.05, 4.69) is 46.6 Å². The Labute approximate surface area is 183 Å². The molecule has 0 saturated carbocycles. The second-order valence-corrected chi connectivity index (χ2v) is 8.10. The summed E-state index contributed by atoms with van der Waals surface area (Å²) in [5.74, 6) is -0.0521. The minimum Gasteiger partial charge on any atom is -0.472 e. The lowest BCUT2D eigenvalue weighted by Crippen LogP contribution is -2.44. The van der Waals surface area contributed by atoms with Crippen molar-refractivity contribution >= 4 is 16.7 Å². The number of fused-ring (bicyclic) bond motifs is 1. The zero-order chi connectivity index (χ0) is 21.5. The maximum absolute atomic E-state index is 12.2. The Balaban J connectivity index is 1.29. The van der Waals surface area contributed by atoms with Gasteiger partial charge in [-0.05, 0) is 52.9 Å². The van der Waals surface area contributed by atoms with Crippen LogP contribution in [0.3, 0.4) is 0 Å². The Morgan fingerprint density at radius 3 is 2.58 bits per heavy atom. The van der Waals surface area contributed by atoms with Gasteiger partial charge in [-0.2, -0.15) is 0 Å². The van der Waals surface area contributed by atoms with Crippen LogP contribution in [0.15, 0.2) is 59.4 Å². The number of piperidine rings is 1. The van der Waals surface area contributed by atoms with Gasteiger partial charge >= 0.3 is 0 Å². The number of nitrogens with one attached hydrogen (secondary N) is 1. The Kier molecular flexibility index (Phi) is 7.35. The van der Waals surface area contributed by atoms with Crippen molar-refractivity contribution in [2.75, 3.05) is 33.4 Å². The van der Waals surface area contributed by atoms with E-state index >= 15 is 0 Å². The van der Waals surface area contributed by atoms with E-state index in [1.807, 2.05) is 0 Å². The minimum atomic E-state index is -0.0521. The van der Waals surface area contributed by atoms with Crippen molar-refractivity contribution in [1.29, 1.82) is 0 Å². The molecular weight excluding hydrogens is 392 g/mol. The van der Waals surface area contributed by atoms with Crippen LogP contribution in [0.25, 0.3) is 10.8 Å². The fraction of sp³-hybridized carbons (Fsp3) is 0.400. The third kappa shape index (κ3) is 5.94. The number of nitrogens with zero attached hydrogens (tertiary/aromatic N) is 1. The standard InChI is InChI=1S/C25H30N2O4/c1-29-12-13-31-17-20-3-5-21-4-2-19(14-23(21)15-20)16-27-9-6-24(7-10-27)26-25(28)22-8-11-30-18-22/h2-5,8,11,14-15,18,24H,6-7,9-10,12-13,16-17H2,1H3,(H,26,28). The summed E-state index contributed by atoms with van der Waals surface area (Å²) in [4.78, 5) is 14.7. The first-order valence-corrected chi connectivity index (χ1v) is 10.8. The first kappa shape index (κ1) is 21.6. The lowest BCUT2D eigenvalue weighted by Gasteiger charge is -2.32. The van der Waals surface area contributed by atoms with Crippen LogP contribution < -0.4 is 5.32 Å². The highest BCUT2D eigenvalue weighted by Gasteiger charge is 2.21. The number of likely N-dealkylation sites (tertiary alicyclic amines) is 1. The fourth-order valence-electron chi connectivity index (χ4n) is 4.02. The van der Waals surface area contributed by atoms with Gasteiger partial charge in [-0.15, -0.1) is 0 Å². The van der Waals surface area contributed by atoms with Crippen LogP contribution in [0, 0.1) is 0 Å². The summed E-state index contributed by atoms with van der Waals surface area (Å²) >= 11 is 0. The lowest BCUT2D eigenvalue weighted by molar-refractivity contribution is 0.0617. The smallest absolute Gasteiger partial charge is 0.254 e.